The van der Waals surface area contributed by atoms with Gasteiger partial charge in [-0.25, -0.2) is 15.2 Å². The number of rotatable bonds is 4. The monoisotopic (exact) mass is 341 g/mol. The number of carbonyl (C=O) groups excluding carboxylic acids is 1. The molecule has 0 unspecified atom stereocenters. The van der Waals surface area contributed by atoms with Gasteiger partial charge in [0.25, 0.3) is 11.5 Å². The SMILES string of the molecule is Cn1c(=O)c2c(ncn2CC(=O)NN=Cc2cccnc2)n(C)c1=O. The third-order valence-corrected chi connectivity index (χ3v) is 3.62. The molecular weight excluding hydrogens is 326 g/mol. The Bertz CT molecular complexity index is 1080. The lowest BCUT2D eigenvalue weighted by atomic mass is 10.3. The van der Waals surface area contributed by atoms with Gasteiger partial charge in [0.15, 0.2) is 11.2 Å². The number of nitrogens with zero attached hydrogens (tertiary/aromatic N) is 6. The van der Waals surface area contributed by atoms with E-state index in [1.165, 1.54) is 35.8 Å². The molecule has 0 fully saturated rings. The van der Waals surface area contributed by atoms with Crippen molar-refractivity contribution < 1.29 is 4.79 Å². The van der Waals surface area contributed by atoms with E-state index >= 15 is 0 Å². The van der Waals surface area contributed by atoms with Crippen LogP contribution in [0, 0.1) is 0 Å². The van der Waals surface area contributed by atoms with Crippen LogP contribution in [-0.4, -0.2) is 35.8 Å². The van der Waals surface area contributed by atoms with Crippen LogP contribution in [0.4, 0.5) is 0 Å². The summed E-state index contributed by atoms with van der Waals surface area (Å²) in [4.78, 5) is 44.2. The molecule has 10 nitrogen and oxygen atoms in total. The van der Waals surface area contributed by atoms with Crippen molar-refractivity contribution in [2.24, 2.45) is 19.2 Å². The van der Waals surface area contributed by atoms with Gasteiger partial charge in [-0.15, -0.1) is 0 Å². The molecule has 3 rings (SSSR count). The molecule has 0 aliphatic heterocycles. The van der Waals surface area contributed by atoms with Crippen LogP contribution in [0.25, 0.3) is 11.2 Å². The molecule has 0 bridgehead atoms. The Balaban J connectivity index is 1.82. The highest BCUT2D eigenvalue weighted by Crippen LogP contribution is 2.04. The third-order valence-electron chi connectivity index (χ3n) is 3.62. The molecule has 25 heavy (non-hydrogen) atoms. The maximum absolute atomic E-state index is 12.3. The first-order valence-electron chi connectivity index (χ1n) is 7.32. The summed E-state index contributed by atoms with van der Waals surface area (Å²) in [5, 5.41) is 3.84. The Labute approximate surface area is 141 Å². The van der Waals surface area contributed by atoms with Gasteiger partial charge in [-0.05, 0) is 6.07 Å². The second-order valence-corrected chi connectivity index (χ2v) is 5.33. The average molecular weight is 341 g/mol. The molecule has 0 atom stereocenters. The number of aromatic nitrogens is 5. The van der Waals surface area contributed by atoms with E-state index < -0.39 is 17.2 Å². The predicted molar refractivity (Wildman–Crippen MR) is 90.2 cm³/mol. The van der Waals surface area contributed by atoms with E-state index in [0.717, 1.165) is 10.1 Å². The number of fused-ring (bicyclic) bond motifs is 1. The summed E-state index contributed by atoms with van der Waals surface area (Å²) < 4.78 is 3.61. The van der Waals surface area contributed by atoms with Crippen molar-refractivity contribution in [3.05, 3.63) is 57.3 Å². The minimum atomic E-state index is -0.512. The molecule has 0 aliphatic carbocycles. The van der Waals surface area contributed by atoms with E-state index in [2.05, 4.69) is 20.5 Å². The Morgan fingerprint density at radius 1 is 1.32 bits per heavy atom. The summed E-state index contributed by atoms with van der Waals surface area (Å²) in [5.41, 5.74) is 2.52. The molecule has 128 valence electrons. The van der Waals surface area contributed by atoms with Crippen LogP contribution in [0.2, 0.25) is 0 Å². The molecule has 3 aromatic heterocycles. The normalized spacial score (nSPS) is 11.3. The molecule has 10 heteroatoms. The fraction of sp³-hybridized carbons (Fsp3) is 0.200. The summed E-state index contributed by atoms with van der Waals surface area (Å²) in [7, 11) is 2.89. The van der Waals surface area contributed by atoms with E-state index in [0.29, 0.717) is 0 Å². The minimum absolute atomic E-state index is 0.158. The van der Waals surface area contributed by atoms with Gasteiger partial charge < -0.3 is 4.57 Å². The number of imidazole rings is 1. The lowest BCUT2D eigenvalue weighted by Gasteiger charge is -2.05. The largest absolute Gasteiger partial charge is 0.332 e. The van der Waals surface area contributed by atoms with Crippen LogP contribution in [0.1, 0.15) is 5.56 Å². The summed E-state index contributed by atoms with van der Waals surface area (Å²) >= 11 is 0. The number of amides is 1. The zero-order valence-corrected chi connectivity index (χ0v) is 13.6. The number of pyridine rings is 1. The summed E-state index contributed by atoms with van der Waals surface area (Å²) in [6.45, 7) is -0.158. The molecule has 0 aliphatic rings. The molecule has 0 radical (unpaired) electrons. The van der Waals surface area contributed by atoms with Gasteiger partial charge in [0, 0.05) is 32.1 Å². The molecule has 3 aromatic rings. The molecule has 0 aromatic carbocycles. The van der Waals surface area contributed by atoms with Gasteiger partial charge in [-0.3, -0.25) is 23.7 Å². The fourth-order valence-electron chi connectivity index (χ4n) is 2.34. The van der Waals surface area contributed by atoms with Gasteiger partial charge in [0.1, 0.15) is 6.54 Å². The second kappa shape index (κ2) is 6.51. The molecule has 0 saturated heterocycles. The van der Waals surface area contributed by atoms with Crippen LogP contribution in [0.5, 0.6) is 0 Å². The minimum Gasteiger partial charge on any atom is -0.315 e. The lowest BCUT2D eigenvalue weighted by molar-refractivity contribution is -0.121. The number of hydrazone groups is 1. The van der Waals surface area contributed by atoms with Crippen LogP contribution in [0.3, 0.4) is 0 Å². The van der Waals surface area contributed by atoms with Gasteiger partial charge in [0.05, 0.1) is 12.5 Å². The molecule has 3 heterocycles. The highest BCUT2D eigenvalue weighted by molar-refractivity contribution is 5.82. The van der Waals surface area contributed by atoms with Gasteiger partial charge >= 0.3 is 5.69 Å². The van der Waals surface area contributed by atoms with Crippen LogP contribution < -0.4 is 16.7 Å². The van der Waals surface area contributed by atoms with Crippen molar-refractivity contribution in [2.45, 2.75) is 6.54 Å². The number of hydrogen-bond donors (Lipinski definition) is 1. The van der Waals surface area contributed by atoms with Crippen molar-refractivity contribution in [1.29, 1.82) is 0 Å². The maximum Gasteiger partial charge on any atom is 0.332 e. The molecule has 0 saturated carbocycles. The van der Waals surface area contributed by atoms with Gasteiger partial charge in [0.2, 0.25) is 0 Å². The Kier molecular flexibility index (Phi) is 4.25. The van der Waals surface area contributed by atoms with Crippen LogP contribution in [0.15, 0.2) is 45.5 Å². The molecular formula is C15H15N7O3. The quantitative estimate of drug-likeness (QED) is 0.481. The standard InChI is InChI=1S/C15H15N7O3/c1-20-13-12(14(24)21(2)15(20)25)22(9-17-13)8-11(23)19-18-7-10-4-3-5-16-6-10/h3-7,9H,8H2,1-2H3,(H,19,23). The van der Waals surface area contributed by atoms with E-state index in [-0.39, 0.29) is 17.7 Å². The molecule has 1 amide bonds. The van der Waals surface area contributed by atoms with E-state index in [1.54, 1.807) is 24.5 Å². The fourth-order valence-corrected chi connectivity index (χ4v) is 2.34. The Morgan fingerprint density at radius 3 is 2.84 bits per heavy atom. The zero-order chi connectivity index (χ0) is 18.0. The van der Waals surface area contributed by atoms with E-state index in [1.807, 2.05) is 0 Å². The Morgan fingerprint density at radius 2 is 2.12 bits per heavy atom. The second-order valence-electron chi connectivity index (χ2n) is 5.33. The van der Waals surface area contributed by atoms with Crippen molar-refractivity contribution in [3.8, 4) is 0 Å². The van der Waals surface area contributed by atoms with Crippen molar-refractivity contribution in [1.82, 2.24) is 29.1 Å². The highest BCUT2D eigenvalue weighted by atomic mass is 16.2. The van der Waals surface area contributed by atoms with Crippen molar-refractivity contribution >= 4 is 23.3 Å². The number of nitrogens with one attached hydrogen (secondary N) is 1. The number of carbonyl (C=O) groups is 1. The summed E-state index contributed by atoms with van der Waals surface area (Å²) in [6, 6.07) is 3.54. The zero-order valence-electron chi connectivity index (χ0n) is 13.6. The van der Waals surface area contributed by atoms with Crippen LogP contribution in [-0.2, 0) is 25.4 Å². The first-order valence-corrected chi connectivity index (χ1v) is 7.32. The summed E-state index contributed by atoms with van der Waals surface area (Å²) in [6.07, 6.45) is 6.03. The number of aryl methyl sites for hydroxylation is 1. The average Bonchev–Trinajstić information content (AvgIpc) is 3.02. The van der Waals surface area contributed by atoms with Gasteiger partial charge in [-0.2, -0.15) is 5.10 Å². The first kappa shape index (κ1) is 16.3. The topological polar surface area (TPSA) is 116 Å². The predicted octanol–water partition coefficient (Wildman–Crippen LogP) is -1.02. The Hall–Kier alpha value is -3.56. The smallest absolute Gasteiger partial charge is 0.315 e. The van der Waals surface area contributed by atoms with E-state index in [4.69, 9.17) is 0 Å². The number of hydrogen-bond acceptors (Lipinski definition) is 6. The molecule has 1 N–H and O–H groups in total. The van der Waals surface area contributed by atoms with E-state index in [9.17, 15) is 14.4 Å². The van der Waals surface area contributed by atoms with Gasteiger partial charge in [-0.1, -0.05) is 6.07 Å². The maximum atomic E-state index is 12.3. The third kappa shape index (κ3) is 3.09. The van der Waals surface area contributed by atoms with Crippen molar-refractivity contribution in [3.63, 3.8) is 0 Å². The van der Waals surface area contributed by atoms with Crippen molar-refractivity contribution in [2.75, 3.05) is 0 Å². The molecule has 0 spiro atoms. The first-order chi connectivity index (χ1) is 12.0. The highest BCUT2D eigenvalue weighted by Gasteiger charge is 2.15. The lowest BCUT2D eigenvalue weighted by Crippen LogP contribution is -2.38. The summed E-state index contributed by atoms with van der Waals surface area (Å²) in [5.74, 6) is -0.435. The van der Waals surface area contributed by atoms with Crippen LogP contribution >= 0.6 is 0 Å².